The van der Waals surface area contributed by atoms with Gasteiger partial charge in [0.1, 0.15) is 5.15 Å². The van der Waals surface area contributed by atoms with Crippen LogP contribution in [0.1, 0.15) is 31.0 Å². The van der Waals surface area contributed by atoms with E-state index in [1.807, 2.05) is 13.8 Å². The molecule has 92 valence electrons. The van der Waals surface area contributed by atoms with Crippen molar-refractivity contribution in [1.82, 2.24) is 9.78 Å². The number of halogens is 1. The molecule has 0 amide bonds. The SMILES string of the molecule is CCCC(O)(CN)Cc1c(C)nn(C)c1Cl. The van der Waals surface area contributed by atoms with Crippen molar-refractivity contribution in [1.29, 1.82) is 0 Å². The summed E-state index contributed by atoms with van der Waals surface area (Å²) in [6.07, 6.45) is 2.04. The van der Waals surface area contributed by atoms with Gasteiger partial charge in [0.2, 0.25) is 0 Å². The van der Waals surface area contributed by atoms with Crippen LogP contribution in [0.25, 0.3) is 0 Å². The lowest BCUT2D eigenvalue weighted by Crippen LogP contribution is -2.40. The lowest BCUT2D eigenvalue weighted by molar-refractivity contribution is 0.0397. The minimum Gasteiger partial charge on any atom is -0.388 e. The zero-order valence-electron chi connectivity index (χ0n) is 10.1. The van der Waals surface area contributed by atoms with Crippen molar-refractivity contribution < 1.29 is 5.11 Å². The normalized spacial score (nSPS) is 15.1. The Morgan fingerprint density at radius 2 is 2.19 bits per heavy atom. The number of aliphatic hydroxyl groups is 1. The Morgan fingerprint density at radius 3 is 2.56 bits per heavy atom. The van der Waals surface area contributed by atoms with Gasteiger partial charge in [0.05, 0.1) is 11.3 Å². The summed E-state index contributed by atoms with van der Waals surface area (Å²) >= 11 is 6.13. The fourth-order valence-corrected chi connectivity index (χ4v) is 2.17. The highest BCUT2D eigenvalue weighted by atomic mass is 35.5. The standard InChI is InChI=1S/C11H20ClN3O/c1-4-5-11(16,7-13)6-9-8(2)14-15(3)10(9)12/h16H,4-7,13H2,1-3H3. The highest BCUT2D eigenvalue weighted by Gasteiger charge is 2.27. The van der Waals surface area contributed by atoms with E-state index in [9.17, 15) is 5.11 Å². The Labute approximate surface area is 101 Å². The first-order chi connectivity index (χ1) is 7.43. The number of aryl methyl sites for hydroxylation is 2. The molecule has 1 unspecified atom stereocenters. The Kier molecular flexibility index (Phi) is 4.35. The number of aromatic nitrogens is 2. The summed E-state index contributed by atoms with van der Waals surface area (Å²) in [5.74, 6) is 0. The van der Waals surface area contributed by atoms with Crippen LogP contribution in [0, 0.1) is 6.92 Å². The van der Waals surface area contributed by atoms with Gasteiger partial charge in [-0.15, -0.1) is 0 Å². The maximum atomic E-state index is 10.3. The van der Waals surface area contributed by atoms with Crippen molar-refractivity contribution in [2.45, 2.75) is 38.7 Å². The lowest BCUT2D eigenvalue weighted by atomic mass is 9.90. The third kappa shape index (κ3) is 2.75. The first-order valence-electron chi connectivity index (χ1n) is 5.54. The van der Waals surface area contributed by atoms with Crippen molar-refractivity contribution in [3.05, 3.63) is 16.4 Å². The maximum Gasteiger partial charge on any atom is 0.130 e. The number of nitrogens with two attached hydrogens (primary N) is 1. The topological polar surface area (TPSA) is 64.1 Å². The van der Waals surface area contributed by atoms with Gasteiger partial charge in [-0.2, -0.15) is 5.10 Å². The Hall–Kier alpha value is -0.580. The minimum atomic E-state index is -0.869. The largest absolute Gasteiger partial charge is 0.388 e. The van der Waals surface area contributed by atoms with Crippen LogP contribution in [0.3, 0.4) is 0 Å². The molecule has 0 saturated heterocycles. The van der Waals surface area contributed by atoms with Gasteiger partial charge >= 0.3 is 0 Å². The first-order valence-corrected chi connectivity index (χ1v) is 5.91. The van der Waals surface area contributed by atoms with Gasteiger partial charge in [-0.05, 0) is 13.3 Å². The number of hydrogen-bond acceptors (Lipinski definition) is 3. The molecule has 0 aliphatic rings. The van der Waals surface area contributed by atoms with Crippen LogP contribution in [0.4, 0.5) is 0 Å². The summed E-state index contributed by atoms with van der Waals surface area (Å²) in [7, 11) is 1.79. The van der Waals surface area contributed by atoms with E-state index in [4.69, 9.17) is 17.3 Å². The average molecular weight is 246 g/mol. The molecular weight excluding hydrogens is 226 g/mol. The van der Waals surface area contributed by atoms with Crippen molar-refractivity contribution in [3.63, 3.8) is 0 Å². The van der Waals surface area contributed by atoms with Crippen molar-refractivity contribution in [3.8, 4) is 0 Å². The molecule has 1 aromatic rings. The Balaban J connectivity index is 2.93. The summed E-state index contributed by atoms with van der Waals surface area (Å²) in [5.41, 5.74) is 6.51. The molecule has 0 bridgehead atoms. The second-order valence-electron chi connectivity index (χ2n) is 4.33. The van der Waals surface area contributed by atoms with E-state index in [0.29, 0.717) is 18.0 Å². The van der Waals surface area contributed by atoms with Crippen LogP contribution in [-0.4, -0.2) is 27.0 Å². The number of hydrogen-bond donors (Lipinski definition) is 2. The molecule has 0 spiro atoms. The molecule has 0 saturated carbocycles. The molecule has 0 aliphatic carbocycles. The molecule has 1 atom stereocenters. The first kappa shape index (κ1) is 13.5. The van der Waals surface area contributed by atoms with Crippen molar-refractivity contribution in [2.24, 2.45) is 12.8 Å². The molecule has 4 nitrogen and oxygen atoms in total. The third-order valence-corrected chi connectivity index (χ3v) is 3.34. The quantitative estimate of drug-likeness (QED) is 0.825. The summed E-state index contributed by atoms with van der Waals surface area (Å²) in [4.78, 5) is 0. The van der Waals surface area contributed by atoms with E-state index in [-0.39, 0.29) is 6.54 Å². The maximum absolute atomic E-state index is 10.3. The van der Waals surface area contributed by atoms with E-state index >= 15 is 0 Å². The predicted octanol–water partition coefficient (Wildman–Crippen LogP) is 1.41. The summed E-state index contributed by atoms with van der Waals surface area (Å²) in [6, 6.07) is 0. The van der Waals surface area contributed by atoms with Crippen molar-refractivity contribution >= 4 is 11.6 Å². The second-order valence-corrected chi connectivity index (χ2v) is 4.69. The van der Waals surface area contributed by atoms with E-state index < -0.39 is 5.60 Å². The van der Waals surface area contributed by atoms with E-state index in [1.165, 1.54) is 0 Å². The minimum absolute atomic E-state index is 0.242. The highest BCUT2D eigenvalue weighted by Crippen LogP contribution is 2.25. The number of rotatable bonds is 5. The molecule has 0 aliphatic heterocycles. The fourth-order valence-electron chi connectivity index (χ4n) is 1.93. The van der Waals surface area contributed by atoms with Gasteiger partial charge in [-0.3, -0.25) is 4.68 Å². The zero-order chi connectivity index (χ0) is 12.3. The molecule has 0 aromatic carbocycles. The van der Waals surface area contributed by atoms with E-state index in [2.05, 4.69) is 5.10 Å². The van der Waals surface area contributed by atoms with Gasteiger partial charge in [0.25, 0.3) is 0 Å². The third-order valence-electron chi connectivity index (χ3n) is 2.87. The summed E-state index contributed by atoms with van der Waals surface area (Å²) < 4.78 is 1.62. The van der Waals surface area contributed by atoms with Gasteiger partial charge in [-0.25, -0.2) is 0 Å². The smallest absolute Gasteiger partial charge is 0.130 e. The zero-order valence-corrected chi connectivity index (χ0v) is 10.9. The van der Waals surface area contributed by atoms with Crippen molar-refractivity contribution in [2.75, 3.05) is 6.54 Å². The molecule has 0 fully saturated rings. The number of nitrogens with zero attached hydrogens (tertiary/aromatic N) is 2. The van der Waals surface area contributed by atoms with Gasteiger partial charge in [0.15, 0.2) is 0 Å². The van der Waals surface area contributed by atoms with Gasteiger partial charge < -0.3 is 10.8 Å². The summed E-state index contributed by atoms with van der Waals surface area (Å²) in [5, 5.41) is 15.1. The molecule has 3 N–H and O–H groups in total. The molecular formula is C11H20ClN3O. The van der Waals surface area contributed by atoms with E-state index in [1.54, 1.807) is 11.7 Å². The van der Waals surface area contributed by atoms with Gasteiger partial charge in [-0.1, -0.05) is 24.9 Å². The molecule has 1 rings (SSSR count). The van der Waals surface area contributed by atoms with Crippen LogP contribution < -0.4 is 5.73 Å². The Morgan fingerprint density at radius 1 is 1.56 bits per heavy atom. The van der Waals surface area contributed by atoms with Crippen LogP contribution in [-0.2, 0) is 13.5 Å². The van der Waals surface area contributed by atoms with Crippen LogP contribution >= 0.6 is 11.6 Å². The fraction of sp³-hybridized carbons (Fsp3) is 0.727. The average Bonchev–Trinajstić information content (AvgIpc) is 2.46. The Bertz CT molecular complexity index is 364. The summed E-state index contributed by atoms with van der Waals surface area (Å²) in [6.45, 7) is 4.16. The molecule has 1 aromatic heterocycles. The molecule has 5 heteroatoms. The lowest BCUT2D eigenvalue weighted by Gasteiger charge is -2.26. The molecule has 1 heterocycles. The monoisotopic (exact) mass is 245 g/mol. The second kappa shape index (κ2) is 5.17. The van der Waals surface area contributed by atoms with E-state index in [0.717, 1.165) is 17.7 Å². The predicted molar refractivity (Wildman–Crippen MR) is 65.6 cm³/mol. The highest BCUT2D eigenvalue weighted by molar-refractivity contribution is 6.30. The van der Waals surface area contributed by atoms with Crippen LogP contribution in [0.15, 0.2) is 0 Å². The van der Waals surface area contributed by atoms with Crippen LogP contribution in [0.2, 0.25) is 5.15 Å². The molecule has 16 heavy (non-hydrogen) atoms. The van der Waals surface area contributed by atoms with Crippen LogP contribution in [0.5, 0.6) is 0 Å². The molecule has 0 radical (unpaired) electrons. The van der Waals surface area contributed by atoms with Gasteiger partial charge in [0, 0.05) is 25.6 Å².